The number of carbonyl (C=O) groups is 1. The van der Waals surface area contributed by atoms with E-state index < -0.39 is 0 Å². The average molecular weight is 396 g/mol. The molecule has 27 heavy (non-hydrogen) atoms. The maximum Gasteiger partial charge on any atom is 0.292 e. The zero-order chi connectivity index (χ0) is 18.8. The van der Waals surface area contributed by atoms with Crippen molar-refractivity contribution in [3.63, 3.8) is 0 Å². The number of nitrogens with zero attached hydrogens (tertiary/aromatic N) is 2. The molecule has 0 spiro atoms. The molecular weight excluding hydrogens is 378 g/mol. The Kier molecular flexibility index (Phi) is 4.96. The summed E-state index contributed by atoms with van der Waals surface area (Å²) in [7, 11) is 0. The summed E-state index contributed by atoms with van der Waals surface area (Å²) in [6, 6.07) is 11.4. The van der Waals surface area contributed by atoms with E-state index in [1.165, 1.54) is 0 Å². The van der Waals surface area contributed by atoms with Gasteiger partial charge in [0.2, 0.25) is 0 Å². The molecule has 1 aromatic carbocycles. The van der Waals surface area contributed by atoms with Crippen molar-refractivity contribution >= 4 is 45.8 Å². The van der Waals surface area contributed by atoms with Gasteiger partial charge >= 0.3 is 0 Å². The lowest BCUT2D eigenvalue weighted by Gasteiger charge is -2.05. The molecule has 0 bridgehead atoms. The lowest BCUT2D eigenvalue weighted by atomic mass is 10.1. The van der Waals surface area contributed by atoms with Gasteiger partial charge in [-0.15, -0.1) is 11.3 Å². The van der Waals surface area contributed by atoms with Crippen LogP contribution < -0.4 is 5.32 Å². The highest BCUT2D eigenvalue weighted by atomic mass is 32.2. The molecule has 0 unspecified atom stereocenters. The third-order valence-electron chi connectivity index (χ3n) is 4.00. The zero-order valence-electron chi connectivity index (χ0n) is 14.9. The zero-order valence-corrected chi connectivity index (χ0v) is 16.5. The summed E-state index contributed by atoms with van der Waals surface area (Å²) in [6.45, 7) is 3.93. The number of anilines is 1. The summed E-state index contributed by atoms with van der Waals surface area (Å²) in [5.74, 6) is 1.14. The summed E-state index contributed by atoms with van der Waals surface area (Å²) in [5.41, 5.74) is 3.60. The predicted molar refractivity (Wildman–Crippen MR) is 110 cm³/mol. The van der Waals surface area contributed by atoms with Crippen LogP contribution in [0.4, 0.5) is 5.82 Å². The number of thioether (sulfide) groups is 1. The Balaban J connectivity index is 1.65. The lowest BCUT2D eigenvalue weighted by molar-refractivity contribution is 0.0997. The minimum atomic E-state index is -0.296. The third kappa shape index (κ3) is 3.89. The van der Waals surface area contributed by atoms with Crippen molar-refractivity contribution in [2.45, 2.75) is 23.9 Å². The van der Waals surface area contributed by atoms with Gasteiger partial charge in [-0.05, 0) is 37.6 Å². The minimum absolute atomic E-state index is 0.296. The van der Waals surface area contributed by atoms with Gasteiger partial charge in [-0.3, -0.25) is 4.79 Å². The van der Waals surface area contributed by atoms with E-state index in [2.05, 4.69) is 15.3 Å². The predicted octanol–water partition coefficient (Wildman–Crippen LogP) is 5.45. The number of carbonyl (C=O) groups excluding carboxylic acids is 1. The number of benzene rings is 1. The van der Waals surface area contributed by atoms with Gasteiger partial charge in [0.1, 0.15) is 15.7 Å². The van der Waals surface area contributed by atoms with Crippen LogP contribution in [0.2, 0.25) is 0 Å². The first-order chi connectivity index (χ1) is 13.1. The number of hydrogen-bond donors (Lipinski definition) is 1. The van der Waals surface area contributed by atoms with E-state index in [-0.39, 0.29) is 5.91 Å². The van der Waals surface area contributed by atoms with Crippen LogP contribution >= 0.6 is 23.1 Å². The number of pyridine rings is 1. The molecule has 0 aliphatic carbocycles. The fourth-order valence-corrected chi connectivity index (χ4v) is 4.61. The molecule has 7 heteroatoms. The molecule has 0 aliphatic rings. The Hall–Kier alpha value is -2.64. The summed E-state index contributed by atoms with van der Waals surface area (Å²) < 4.78 is 6.86. The van der Waals surface area contributed by atoms with Crippen LogP contribution in [0, 0.1) is 13.8 Å². The molecule has 0 fully saturated rings. The van der Waals surface area contributed by atoms with E-state index in [0.717, 1.165) is 26.5 Å². The Morgan fingerprint density at radius 2 is 2.11 bits per heavy atom. The van der Waals surface area contributed by atoms with E-state index in [1.54, 1.807) is 29.3 Å². The topological polar surface area (TPSA) is 68.0 Å². The van der Waals surface area contributed by atoms with Crippen molar-refractivity contribution in [3.8, 4) is 0 Å². The highest BCUT2D eigenvalue weighted by molar-refractivity contribution is 8.00. The fourth-order valence-electron chi connectivity index (χ4n) is 2.74. The van der Waals surface area contributed by atoms with E-state index in [9.17, 15) is 4.79 Å². The summed E-state index contributed by atoms with van der Waals surface area (Å²) in [6.07, 6.45) is 1.67. The molecule has 0 saturated carbocycles. The Bertz CT molecular complexity index is 1120. The molecule has 5 nitrogen and oxygen atoms in total. The highest BCUT2D eigenvalue weighted by Crippen LogP contribution is 2.33. The van der Waals surface area contributed by atoms with Gasteiger partial charge in [-0.25, -0.2) is 9.97 Å². The molecular formula is C20H17N3O2S2. The number of amides is 1. The SMILES string of the molecule is Cc1ccnc(NC(=O)c2oc3ccccc3c2CSc2nc(C)cs2)c1. The molecule has 4 rings (SSSR count). The first-order valence-electron chi connectivity index (χ1n) is 8.39. The number of rotatable bonds is 5. The van der Waals surface area contributed by atoms with Gasteiger partial charge in [0, 0.05) is 34.0 Å². The van der Waals surface area contributed by atoms with Crippen molar-refractivity contribution < 1.29 is 9.21 Å². The van der Waals surface area contributed by atoms with E-state index in [0.29, 0.717) is 22.9 Å². The smallest absolute Gasteiger partial charge is 0.292 e. The standard InChI is InChI=1S/C20H17N3O2S2/c1-12-7-8-21-17(9-12)23-19(24)18-15(11-27-20-22-13(2)10-26-20)14-5-3-4-6-16(14)25-18/h3-10H,11H2,1-2H3,(H,21,23,24). The van der Waals surface area contributed by atoms with Gasteiger partial charge in [0.15, 0.2) is 5.76 Å². The number of furan rings is 1. The van der Waals surface area contributed by atoms with Gasteiger partial charge in [-0.2, -0.15) is 0 Å². The van der Waals surface area contributed by atoms with Crippen LogP contribution in [-0.2, 0) is 5.75 Å². The van der Waals surface area contributed by atoms with Crippen LogP contribution in [0.3, 0.4) is 0 Å². The molecule has 136 valence electrons. The van der Waals surface area contributed by atoms with Gasteiger partial charge in [0.25, 0.3) is 5.91 Å². The van der Waals surface area contributed by atoms with Gasteiger partial charge in [-0.1, -0.05) is 30.0 Å². The van der Waals surface area contributed by atoms with Crippen LogP contribution in [0.15, 0.2) is 56.7 Å². The number of thiazole rings is 1. The number of aryl methyl sites for hydroxylation is 2. The largest absolute Gasteiger partial charge is 0.451 e. The maximum absolute atomic E-state index is 12.9. The number of fused-ring (bicyclic) bond motifs is 1. The van der Waals surface area contributed by atoms with E-state index >= 15 is 0 Å². The third-order valence-corrected chi connectivity index (χ3v) is 6.16. The van der Waals surface area contributed by atoms with Crippen molar-refractivity contribution in [3.05, 3.63) is 70.6 Å². The summed E-state index contributed by atoms with van der Waals surface area (Å²) in [5, 5.41) is 5.80. The minimum Gasteiger partial charge on any atom is -0.451 e. The average Bonchev–Trinajstić information content (AvgIpc) is 3.23. The van der Waals surface area contributed by atoms with Crippen LogP contribution in [0.1, 0.15) is 27.4 Å². The number of para-hydroxylation sites is 1. The van der Waals surface area contributed by atoms with Crippen molar-refractivity contribution in [1.82, 2.24) is 9.97 Å². The van der Waals surface area contributed by atoms with Crippen molar-refractivity contribution in [1.29, 1.82) is 0 Å². The number of nitrogens with one attached hydrogen (secondary N) is 1. The molecule has 1 N–H and O–H groups in total. The Morgan fingerprint density at radius 1 is 1.26 bits per heavy atom. The Labute approximate surface area is 164 Å². The second-order valence-corrected chi connectivity index (χ2v) is 8.20. The quantitative estimate of drug-likeness (QED) is 0.455. The number of aromatic nitrogens is 2. The molecule has 0 aliphatic heterocycles. The molecule has 1 amide bonds. The van der Waals surface area contributed by atoms with E-state index in [4.69, 9.17) is 4.42 Å². The summed E-state index contributed by atoms with van der Waals surface area (Å²) >= 11 is 3.21. The molecule has 0 saturated heterocycles. The molecule has 3 heterocycles. The molecule has 0 atom stereocenters. The first kappa shape index (κ1) is 17.8. The lowest BCUT2D eigenvalue weighted by Crippen LogP contribution is -2.13. The molecule has 4 aromatic rings. The van der Waals surface area contributed by atoms with Gasteiger partial charge in [0.05, 0.1) is 0 Å². The highest BCUT2D eigenvalue weighted by Gasteiger charge is 2.21. The normalized spacial score (nSPS) is 11.0. The molecule has 0 radical (unpaired) electrons. The second kappa shape index (κ2) is 7.54. The van der Waals surface area contributed by atoms with Crippen LogP contribution in [-0.4, -0.2) is 15.9 Å². The van der Waals surface area contributed by atoms with Crippen LogP contribution in [0.5, 0.6) is 0 Å². The van der Waals surface area contributed by atoms with Crippen molar-refractivity contribution in [2.75, 3.05) is 5.32 Å². The first-order valence-corrected chi connectivity index (χ1v) is 10.3. The number of hydrogen-bond acceptors (Lipinski definition) is 6. The maximum atomic E-state index is 12.9. The van der Waals surface area contributed by atoms with E-state index in [1.807, 2.05) is 55.6 Å². The fraction of sp³-hybridized carbons (Fsp3) is 0.150. The second-order valence-electron chi connectivity index (χ2n) is 6.12. The monoisotopic (exact) mass is 395 g/mol. The molecule has 3 aromatic heterocycles. The van der Waals surface area contributed by atoms with Gasteiger partial charge < -0.3 is 9.73 Å². The van der Waals surface area contributed by atoms with Crippen LogP contribution in [0.25, 0.3) is 11.0 Å². The summed E-state index contributed by atoms with van der Waals surface area (Å²) in [4.78, 5) is 21.5. The van der Waals surface area contributed by atoms with Crippen molar-refractivity contribution in [2.24, 2.45) is 0 Å². The Morgan fingerprint density at radius 3 is 2.89 bits per heavy atom.